The highest BCUT2D eigenvalue weighted by molar-refractivity contribution is 5.92. The molecule has 1 amide bonds. The number of likely N-dealkylation sites (N-methyl/N-ethyl adjacent to an activating group) is 1. The number of amides is 1. The van der Waals surface area contributed by atoms with Gasteiger partial charge < -0.3 is 14.4 Å². The minimum absolute atomic E-state index is 0.0173. The highest BCUT2D eigenvalue weighted by Crippen LogP contribution is 2.18. The SMILES string of the molecule is COc1ccc(C(=O)O[C@@H](C)C(=O)N(C)Cc2ccccc2)cc1F. The van der Waals surface area contributed by atoms with Gasteiger partial charge in [-0.15, -0.1) is 0 Å². The zero-order valence-corrected chi connectivity index (χ0v) is 14.4. The maximum absolute atomic E-state index is 13.7. The Balaban J connectivity index is 1.98. The van der Waals surface area contributed by atoms with Crippen LogP contribution in [0.3, 0.4) is 0 Å². The van der Waals surface area contributed by atoms with Crippen molar-refractivity contribution in [2.24, 2.45) is 0 Å². The third-order valence-electron chi connectivity index (χ3n) is 3.66. The highest BCUT2D eigenvalue weighted by atomic mass is 19.1. The zero-order chi connectivity index (χ0) is 18.4. The van der Waals surface area contributed by atoms with Gasteiger partial charge in [0, 0.05) is 13.6 Å². The van der Waals surface area contributed by atoms with Crippen molar-refractivity contribution in [2.75, 3.05) is 14.2 Å². The molecule has 0 saturated carbocycles. The van der Waals surface area contributed by atoms with Crippen LogP contribution in [0.25, 0.3) is 0 Å². The van der Waals surface area contributed by atoms with E-state index in [9.17, 15) is 14.0 Å². The molecule has 0 fully saturated rings. The summed E-state index contributed by atoms with van der Waals surface area (Å²) in [5.74, 6) is -1.75. The third-order valence-corrected chi connectivity index (χ3v) is 3.66. The van der Waals surface area contributed by atoms with Crippen molar-refractivity contribution in [2.45, 2.75) is 19.6 Å². The molecule has 0 aliphatic heterocycles. The number of ether oxygens (including phenoxy) is 2. The predicted molar refractivity (Wildman–Crippen MR) is 90.7 cm³/mol. The fourth-order valence-corrected chi connectivity index (χ4v) is 2.32. The van der Waals surface area contributed by atoms with Gasteiger partial charge in [-0.3, -0.25) is 4.79 Å². The molecule has 2 aromatic carbocycles. The average molecular weight is 345 g/mol. The van der Waals surface area contributed by atoms with Crippen molar-refractivity contribution >= 4 is 11.9 Å². The quantitative estimate of drug-likeness (QED) is 0.755. The van der Waals surface area contributed by atoms with Crippen LogP contribution in [0, 0.1) is 5.82 Å². The molecule has 0 bridgehead atoms. The zero-order valence-electron chi connectivity index (χ0n) is 14.4. The first kappa shape index (κ1) is 18.4. The average Bonchev–Trinajstić information content (AvgIpc) is 2.61. The molecular weight excluding hydrogens is 325 g/mol. The van der Waals surface area contributed by atoms with Gasteiger partial charge in [-0.25, -0.2) is 9.18 Å². The molecule has 0 aliphatic rings. The second-order valence-electron chi connectivity index (χ2n) is 5.58. The molecule has 0 N–H and O–H groups in total. The fraction of sp³-hybridized carbons (Fsp3) is 0.263. The van der Waals surface area contributed by atoms with Gasteiger partial charge in [-0.05, 0) is 30.7 Å². The van der Waals surface area contributed by atoms with Crippen molar-refractivity contribution in [1.29, 1.82) is 0 Å². The molecule has 2 rings (SSSR count). The summed E-state index contributed by atoms with van der Waals surface area (Å²) in [4.78, 5) is 25.9. The largest absolute Gasteiger partial charge is 0.494 e. The number of methoxy groups -OCH3 is 1. The molecule has 25 heavy (non-hydrogen) atoms. The lowest BCUT2D eigenvalue weighted by atomic mass is 10.2. The minimum atomic E-state index is -0.980. The molecule has 0 spiro atoms. The van der Waals surface area contributed by atoms with Crippen molar-refractivity contribution in [3.05, 3.63) is 65.5 Å². The van der Waals surface area contributed by atoms with Crippen molar-refractivity contribution in [3.63, 3.8) is 0 Å². The molecule has 2 aromatic rings. The van der Waals surface area contributed by atoms with E-state index in [4.69, 9.17) is 9.47 Å². The molecule has 1 atom stereocenters. The first-order valence-electron chi connectivity index (χ1n) is 7.75. The van der Waals surface area contributed by atoms with Crippen LogP contribution in [0.2, 0.25) is 0 Å². The Morgan fingerprint density at radius 2 is 1.84 bits per heavy atom. The van der Waals surface area contributed by atoms with E-state index < -0.39 is 17.9 Å². The number of rotatable bonds is 6. The summed E-state index contributed by atoms with van der Waals surface area (Å²) in [6.45, 7) is 1.89. The van der Waals surface area contributed by atoms with Crippen molar-refractivity contribution < 1.29 is 23.5 Å². The van der Waals surface area contributed by atoms with E-state index in [1.165, 1.54) is 31.1 Å². The summed E-state index contributed by atoms with van der Waals surface area (Å²) >= 11 is 0. The molecule has 0 radical (unpaired) electrons. The van der Waals surface area contributed by atoms with Crippen LogP contribution in [0.15, 0.2) is 48.5 Å². The number of esters is 1. The van der Waals surface area contributed by atoms with Crippen LogP contribution in [0.4, 0.5) is 4.39 Å². The monoisotopic (exact) mass is 345 g/mol. The van der Waals surface area contributed by atoms with E-state index in [1.807, 2.05) is 30.3 Å². The Labute approximate surface area is 146 Å². The van der Waals surface area contributed by atoms with Gasteiger partial charge in [0.15, 0.2) is 17.7 Å². The molecule has 0 aromatic heterocycles. The van der Waals surface area contributed by atoms with E-state index >= 15 is 0 Å². The van der Waals surface area contributed by atoms with Gasteiger partial charge in [0.25, 0.3) is 5.91 Å². The van der Waals surface area contributed by atoms with E-state index in [0.717, 1.165) is 11.6 Å². The van der Waals surface area contributed by atoms with Gasteiger partial charge >= 0.3 is 5.97 Å². The summed E-state index contributed by atoms with van der Waals surface area (Å²) in [7, 11) is 2.96. The number of hydrogen-bond donors (Lipinski definition) is 0. The van der Waals surface area contributed by atoms with Gasteiger partial charge in [0.2, 0.25) is 0 Å². The Hall–Kier alpha value is -2.89. The van der Waals surface area contributed by atoms with Crippen molar-refractivity contribution in [1.82, 2.24) is 4.90 Å². The van der Waals surface area contributed by atoms with Crippen LogP contribution in [-0.2, 0) is 16.1 Å². The third kappa shape index (κ3) is 4.79. The molecule has 0 heterocycles. The van der Waals surface area contributed by atoms with E-state index in [1.54, 1.807) is 7.05 Å². The number of carbonyl (C=O) groups excluding carboxylic acids is 2. The lowest BCUT2D eigenvalue weighted by Crippen LogP contribution is -2.37. The van der Waals surface area contributed by atoms with Crippen LogP contribution < -0.4 is 4.74 Å². The number of benzene rings is 2. The summed E-state index contributed by atoms with van der Waals surface area (Å²) < 4.78 is 23.6. The Bertz CT molecular complexity index is 748. The Morgan fingerprint density at radius 3 is 2.44 bits per heavy atom. The van der Waals surface area contributed by atoms with Crippen LogP contribution in [0.5, 0.6) is 5.75 Å². The maximum atomic E-state index is 13.7. The summed E-state index contributed by atoms with van der Waals surface area (Å²) in [5.41, 5.74) is 0.984. The Morgan fingerprint density at radius 1 is 1.16 bits per heavy atom. The van der Waals surface area contributed by atoms with Crippen LogP contribution >= 0.6 is 0 Å². The first-order valence-corrected chi connectivity index (χ1v) is 7.75. The van der Waals surface area contributed by atoms with Crippen LogP contribution in [0.1, 0.15) is 22.8 Å². The first-order chi connectivity index (χ1) is 11.9. The number of nitrogens with zero attached hydrogens (tertiary/aromatic N) is 1. The smallest absolute Gasteiger partial charge is 0.339 e. The highest BCUT2D eigenvalue weighted by Gasteiger charge is 2.23. The number of hydrogen-bond acceptors (Lipinski definition) is 4. The topological polar surface area (TPSA) is 55.8 Å². The van der Waals surface area contributed by atoms with Gasteiger partial charge in [0.1, 0.15) is 0 Å². The van der Waals surface area contributed by atoms with Gasteiger partial charge in [0.05, 0.1) is 12.7 Å². The molecule has 0 saturated heterocycles. The van der Waals surface area contributed by atoms with Crippen molar-refractivity contribution in [3.8, 4) is 5.75 Å². The summed E-state index contributed by atoms with van der Waals surface area (Å²) in [6.07, 6.45) is -0.980. The summed E-state index contributed by atoms with van der Waals surface area (Å²) in [6, 6.07) is 13.2. The summed E-state index contributed by atoms with van der Waals surface area (Å²) in [5, 5.41) is 0. The second kappa shape index (κ2) is 8.28. The standard InChI is InChI=1S/C19H20FNO4/c1-13(18(22)21(2)12-14-7-5-4-6-8-14)25-19(23)15-9-10-17(24-3)16(20)11-15/h4-11,13H,12H2,1-3H3/t13-/m0/s1. The van der Waals surface area contributed by atoms with E-state index in [-0.39, 0.29) is 17.2 Å². The second-order valence-corrected chi connectivity index (χ2v) is 5.58. The number of halogens is 1. The molecule has 0 unspecified atom stereocenters. The molecule has 0 aliphatic carbocycles. The molecule has 132 valence electrons. The lowest BCUT2D eigenvalue weighted by Gasteiger charge is -2.21. The van der Waals surface area contributed by atoms with E-state index in [0.29, 0.717) is 6.54 Å². The fourth-order valence-electron chi connectivity index (χ4n) is 2.32. The van der Waals surface area contributed by atoms with Crippen LogP contribution in [-0.4, -0.2) is 37.0 Å². The normalized spacial score (nSPS) is 11.5. The Kier molecular flexibility index (Phi) is 6.11. The van der Waals surface area contributed by atoms with E-state index in [2.05, 4.69) is 0 Å². The maximum Gasteiger partial charge on any atom is 0.339 e. The predicted octanol–water partition coefficient (Wildman–Crippen LogP) is 3.04. The minimum Gasteiger partial charge on any atom is -0.494 e. The molecular formula is C19H20FNO4. The van der Waals surface area contributed by atoms with Gasteiger partial charge in [-0.1, -0.05) is 30.3 Å². The number of carbonyl (C=O) groups is 2. The van der Waals surface area contributed by atoms with Gasteiger partial charge in [-0.2, -0.15) is 0 Å². The lowest BCUT2D eigenvalue weighted by molar-refractivity contribution is -0.139. The molecule has 6 heteroatoms. The molecule has 5 nitrogen and oxygen atoms in total.